The number of quaternary nitrogens is 1. The molecule has 0 aromatic heterocycles. The Labute approximate surface area is 506 Å². The maximum Gasteiger partial charge on any atom is 0.361 e. The van der Waals surface area contributed by atoms with E-state index in [2.05, 4.69) is 98.9 Å². The van der Waals surface area contributed by atoms with Crippen molar-refractivity contribution in [2.75, 3.05) is 47.5 Å². The van der Waals surface area contributed by atoms with Crippen molar-refractivity contribution in [3.8, 4) is 0 Å². The lowest BCUT2D eigenvalue weighted by Gasteiger charge is -2.25. The van der Waals surface area contributed by atoms with E-state index in [9.17, 15) is 19.5 Å². The van der Waals surface area contributed by atoms with Gasteiger partial charge >= 0.3 is 17.9 Å². The largest absolute Gasteiger partial charge is 0.477 e. The molecule has 0 spiro atoms. The minimum absolute atomic E-state index is 0.183. The molecule has 0 rings (SSSR count). The molecule has 2 atom stereocenters. The number of carbonyl (C=O) groups is 3. The standard InChI is InChI=1S/C73H129NO8/c1-6-8-10-12-14-16-18-20-22-24-26-28-30-32-34-36-38-40-42-44-46-48-50-52-54-56-58-60-62-64-71(76)82-69(68-81-73(72(77)78)79-66-65-74(3,4)5)67-80-70(75)63-61-59-57-55-53-51-49-47-45-43-41-39-37-35-33-31-29-27-25-23-21-19-17-15-13-11-9-7-2/h8,10,14,16,20,22,26,28,32,34,38,40,44,46,69,73H,6-7,9,11-13,15,17-19,21,23-25,27,29-31,33,35-37,39,41-43,45,47-68H2,1-5H3/p+1/b10-8-,16-14-,22-20-,28-26-,34-32-,40-38-,46-44-. The number of hydrogen-bond donors (Lipinski definition) is 1. The molecule has 0 saturated heterocycles. The SMILES string of the molecule is CC/C=C\C/C=C\C/C=C\C/C=C\C/C=C\C/C=C\C/C=C\CCCCCCCCCC(=O)OC(COC(=O)CCCCCCCCCCCCCCCCCCCCCCCCCCCCCC)COC(OCC[N+](C)(C)C)C(=O)O. The summed E-state index contributed by atoms with van der Waals surface area (Å²) in [6.07, 6.45) is 82.6. The zero-order valence-electron chi connectivity index (χ0n) is 54.1. The maximum absolute atomic E-state index is 12.9. The molecule has 0 amide bonds. The molecule has 9 nitrogen and oxygen atoms in total. The summed E-state index contributed by atoms with van der Waals surface area (Å²) in [7, 11) is 5.97. The van der Waals surface area contributed by atoms with Gasteiger partial charge in [-0.15, -0.1) is 0 Å². The average molecular weight is 1150 g/mol. The third-order valence-corrected chi connectivity index (χ3v) is 14.9. The Balaban J connectivity index is 4.16. The van der Waals surface area contributed by atoms with Crippen molar-refractivity contribution in [3.05, 3.63) is 85.1 Å². The molecule has 474 valence electrons. The molecule has 0 radical (unpaired) electrons. The van der Waals surface area contributed by atoms with Crippen LogP contribution in [0.4, 0.5) is 0 Å². The Bertz CT molecular complexity index is 1620. The van der Waals surface area contributed by atoms with Crippen LogP contribution in [0.3, 0.4) is 0 Å². The third kappa shape index (κ3) is 64.0. The molecule has 0 bridgehead atoms. The van der Waals surface area contributed by atoms with Gasteiger partial charge in [-0.2, -0.15) is 0 Å². The number of carboxylic acid groups (broad SMARTS) is 1. The smallest absolute Gasteiger partial charge is 0.361 e. The highest BCUT2D eigenvalue weighted by Crippen LogP contribution is 2.18. The first kappa shape index (κ1) is 78.5. The third-order valence-electron chi connectivity index (χ3n) is 14.9. The van der Waals surface area contributed by atoms with E-state index in [0.29, 0.717) is 23.9 Å². The Morgan fingerprint density at radius 2 is 0.695 bits per heavy atom. The van der Waals surface area contributed by atoms with Crippen LogP contribution in [0.25, 0.3) is 0 Å². The van der Waals surface area contributed by atoms with Crippen LogP contribution in [-0.2, 0) is 33.3 Å². The number of hydrogen-bond acceptors (Lipinski definition) is 7. The van der Waals surface area contributed by atoms with Crippen LogP contribution in [0.2, 0.25) is 0 Å². The first-order valence-electron chi connectivity index (χ1n) is 34.3. The fourth-order valence-electron chi connectivity index (χ4n) is 9.70. The molecule has 0 aromatic rings. The van der Waals surface area contributed by atoms with Gasteiger partial charge in [0.1, 0.15) is 13.2 Å². The molecular weight excluding hydrogens is 1020 g/mol. The van der Waals surface area contributed by atoms with Crippen LogP contribution in [0, 0.1) is 0 Å². The Kier molecular flexibility index (Phi) is 60.8. The van der Waals surface area contributed by atoms with E-state index in [1.807, 2.05) is 21.1 Å². The first-order chi connectivity index (χ1) is 40.1. The average Bonchev–Trinajstić information content (AvgIpc) is 3.47. The molecule has 0 fully saturated rings. The van der Waals surface area contributed by atoms with Crippen LogP contribution in [-0.4, -0.2) is 87.4 Å². The fourth-order valence-corrected chi connectivity index (χ4v) is 9.70. The van der Waals surface area contributed by atoms with Gasteiger partial charge in [-0.1, -0.05) is 304 Å². The van der Waals surface area contributed by atoms with Crippen LogP contribution >= 0.6 is 0 Å². The molecule has 9 heteroatoms. The van der Waals surface area contributed by atoms with Crippen LogP contribution in [0.1, 0.15) is 303 Å². The molecular formula is C73H130NO8+. The van der Waals surface area contributed by atoms with Crippen LogP contribution in [0.15, 0.2) is 85.1 Å². The summed E-state index contributed by atoms with van der Waals surface area (Å²) in [6, 6.07) is 0. The van der Waals surface area contributed by atoms with E-state index in [-0.39, 0.29) is 32.2 Å². The quantitative estimate of drug-likeness (QED) is 0.0211. The zero-order chi connectivity index (χ0) is 59.8. The number of carboxylic acids is 1. The summed E-state index contributed by atoms with van der Waals surface area (Å²) in [4.78, 5) is 37.6. The highest BCUT2D eigenvalue weighted by Gasteiger charge is 2.25. The van der Waals surface area contributed by atoms with Gasteiger partial charge < -0.3 is 28.5 Å². The van der Waals surface area contributed by atoms with E-state index < -0.39 is 24.3 Å². The van der Waals surface area contributed by atoms with Crippen molar-refractivity contribution in [2.24, 2.45) is 0 Å². The summed E-state index contributed by atoms with van der Waals surface area (Å²) >= 11 is 0. The summed E-state index contributed by atoms with van der Waals surface area (Å²) in [5.41, 5.74) is 0. The summed E-state index contributed by atoms with van der Waals surface area (Å²) in [5.74, 6) is -2.01. The maximum atomic E-state index is 12.9. The first-order valence-corrected chi connectivity index (χ1v) is 34.3. The second kappa shape index (κ2) is 63.5. The lowest BCUT2D eigenvalue weighted by atomic mass is 10.0. The number of allylic oxidation sites excluding steroid dienone is 14. The van der Waals surface area contributed by atoms with Gasteiger partial charge in [0.05, 0.1) is 34.4 Å². The second-order valence-electron chi connectivity index (χ2n) is 24.1. The molecule has 2 unspecified atom stereocenters. The highest BCUT2D eigenvalue weighted by molar-refractivity contribution is 5.71. The fraction of sp³-hybridized carbons (Fsp3) is 0.767. The molecule has 0 saturated carbocycles. The van der Waals surface area contributed by atoms with Gasteiger partial charge in [0.15, 0.2) is 6.10 Å². The summed E-state index contributed by atoms with van der Waals surface area (Å²) in [5, 5.41) is 9.74. The number of esters is 2. The van der Waals surface area contributed by atoms with Crippen LogP contribution < -0.4 is 0 Å². The Hall–Kier alpha value is -3.53. The van der Waals surface area contributed by atoms with E-state index in [1.165, 1.54) is 180 Å². The topological polar surface area (TPSA) is 108 Å². The van der Waals surface area contributed by atoms with Crippen molar-refractivity contribution in [1.29, 1.82) is 0 Å². The van der Waals surface area contributed by atoms with E-state index in [4.69, 9.17) is 18.9 Å². The predicted molar refractivity (Wildman–Crippen MR) is 350 cm³/mol. The van der Waals surface area contributed by atoms with Crippen molar-refractivity contribution in [3.63, 3.8) is 0 Å². The number of carbonyl (C=O) groups excluding carboxylic acids is 2. The van der Waals surface area contributed by atoms with Crippen molar-refractivity contribution >= 4 is 17.9 Å². The summed E-state index contributed by atoms with van der Waals surface area (Å²) in [6.45, 7) is 4.79. The molecule has 1 N–H and O–H groups in total. The van der Waals surface area contributed by atoms with Gasteiger partial charge in [-0.05, 0) is 70.6 Å². The number of ether oxygens (including phenoxy) is 4. The Morgan fingerprint density at radius 3 is 1.04 bits per heavy atom. The predicted octanol–water partition coefficient (Wildman–Crippen LogP) is 21.1. The minimum atomic E-state index is -1.52. The molecule has 0 aliphatic heterocycles. The van der Waals surface area contributed by atoms with E-state index >= 15 is 0 Å². The van der Waals surface area contributed by atoms with Crippen molar-refractivity contribution in [2.45, 2.75) is 315 Å². The lowest BCUT2D eigenvalue weighted by Crippen LogP contribution is -2.40. The van der Waals surface area contributed by atoms with E-state index in [1.54, 1.807) is 0 Å². The lowest BCUT2D eigenvalue weighted by molar-refractivity contribution is -0.870. The van der Waals surface area contributed by atoms with Crippen molar-refractivity contribution < 1.29 is 42.9 Å². The normalized spacial score (nSPS) is 13.2. The number of nitrogens with zero attached hydrogens (tertiary/aromatic N) is 1. The molecule has 0 heterocycles. The van der Waals surface area contributed by atoms with Gasteiger partial charge in [0.25, 0.3) is 6.29 Å². The number of likely N-dealkylation sites (N-methyl/N-ethyl adjacent to an activating group) is 1. The van der Waals surface area contributed by atoms with E-state index in [0.717, 1.165) is 89.9 Å². The van der Waals surface area contributed by atoms with Gasteiger partial charge in [-0.3, -0.25) is 9.59 Å². The number of unbranched alkanes of at least 4 members (excludes halogenated alkanes) is 34. The zero-order valence-corrected chi connectivity index (χ0v) is 54.1. The molecule has 82 heavy (non-hydrogen) atoms. The number of rotatable bonds is 63. The monoisotopic (exact) mass is 1150 g/mol. The van der Waals surface area contributed by atoms with Gasteiger partial charge in [0, 0.05) is 12.8 Å². The molecule has 0 aromatic carbocycles. The minimum Gasteiger partial charge on any atom is -0.477 e. The molecule has 0 aliphatic rings. The second-order valence-corrected chi connectivity index (χ2v) is 24.1. The van der Waals surface area contributed by atoms with Gasteiger partial charge in [0.2, 0.25) is 0 Å². The Morgan fingerprint density at radius 1 is 0.378 bits per heavy atom. The van der Waals surface area contributed by atoms with Crippen LogP contribution in [0.5, 0.6) is 0 Å². The van der Waals surface area contributed by atoms with Crippen molar-refractivity contribution in [1.82, 2.24) is 0 Å². The highest BCUT2D eigenvalue weighted by atomic mass is 16.7. The summed E-state index contributed by atoms with van der Waals surface area (Å²) < 4.78 is 23.0. The van der Waals surface area contributed by atoms with Gasteiger partial charge in [-0.25, -0.2) is 4.79 Å². The number of aliphatic carboxylic acids is 1. The molecule has 0 aliphatic carbocycles.